The quantitative estimate of drug-likeness (QED) is 0.772. The van der Waals surface area contributed by atoms with E-state index in [2.05, 4.69) is 15.2 Å². The van der Waals surface area contributed by atoms with Gasteiger partial charge in [-0.25, -0.2) is 9.78 Å². The number of nitrogens with one attached hydrogen (secondary N) is 1. The van der Waals surface area contributed by atoms with Gasteiger partial charge in [0.05, 0.1) is 19.8 Å². The number of nitrogens with zero attached hydrogens (tertiary/aromatic N) is 2. The fourth-order valence-corrected chi connectivity index (χ4v) is 4.29. The largest absolute Gasteiger partial charge is 0.490 e. The maximum Gasteiger partial charge on any atom is 0.490 e. The van der Waals surface area contributed by atoms with Crippen LogP contribution in [-0.4, -0.2) is 64.9 Å². The van der Waals surface area contributed by atoms with E-state index in [0.29, 0.717) is 12.0 Å². The molecule has 3 fully saturated rings. The number of halogens is 3. The van der Waals surface area contributed by atoms with Crippen molar-refractivity contribution in [2.24, 2.45) is 11.8 Å². The molecule has 0 bridgehead atoms. The number of alkyl halides is 3. The summed E-state index contributed by atoms with van der Waals surface area (Å²) < 4.78 is 37.4. The topological polar surface area (TPSA) is 91.8 Å². The molecule has 0 aromatic carbocycles. The minimum Gasteiger partial charge on any atom is -0.475 e. The van der Waals surface area contributed by atoms with Gasteiger partial charge in [-0.15, -0.1) is 11.3 Å². The van der Waals surface area contributed by atoms with E-state index in [9.17, 15) is 18.0 Å². The van der Waals surface area contributed by atoms with Crippen molar-refractivity contribution < 1.29 is 32.6 Å². The van der Waals surface area contributed by atoms with Gasteiger partial charge in [-0.3, -0.25) is 9.69 Å². The fourth-order valence-electron chi connectivity index (χ4n) is 3.65. The number of likely N-dealkylation sites (tertiary alicyclic amines) is 1. The number of carboxylic acids is 1. The lowest BCUT2D eigenvalue weighted by Crippen LogP contribution is -2.45. The SMILES string of the molecule is O=C(N[C@@H]1CN(Cc2nccs2)[C@@H]2COC[C@@H]21)C1CCC1.O=C(O)C(F)(F)F. The number of hydrogen-bond acceptors (Lipinski definition) is 6. The van der Waals surface area contributed by atoms with Crippen LogP contribution in [0.5, 0.6) is 0 Å². The Labute approximate surface area is 163 Å². The summed E-state index contributed by atoms with van der Waals surface area (Å²) in [7, 11) is 0. The molecule has 1 amide bonds. The molecule has 1 aliphatic carbocycles. The summed E-state index contributed by atoms with van der Waals surface area (Å²) in [6.45, 7) is 3.36. The lowest BCUT2D eigenvalue weighted by molar-refractivity contribution is -0.192. The minimum atomic E-state index is -5.08. The summed E-state index contributed by atoms with van der Waals surface area (Å²) >= 11 is 1.70. The van der Waals surface area contributed by atoms with Crippen LogP contribution in [0.4, 0.5) is 13.2 Å². The van der Waals surface area contributed by atoms with Gasteiger partial charge in [0.15, 0.2) is 0 Å². The van der Waals surface area contributed by atoms with Crippen LogP contribution in [0.25, 0.3) is 0 Å². The van der Waals surface area contributed by atoms with Crippen LogP contribution >= 0.6 is 11.3 Å². The van der Waals surface area contributed by atoms with E-state index in [0.717, 1.165) is 44.2 Å². The summed E-state index contributed by atoms with van der Waals surface area (Å²) in [4.78, 5) is 27.9. The van der Waals surface area contributed by atoms with Gasteiger partial charge in [0.2, 0.25) is 5.91 Å². The van der Waals surface area contributed by atoms with Crippen LogP contribution < -0.4 is 5.32 Å². The molecule has 0 radical (unpaired) electrons. The molecule has 2 aliphatic heterocycles. The standard InChI is InChI=1S/C15H21N3O2S.C2HF3O2/c19-15(10-2-1-3-10)17-12-6-18(7-14-16-4-5-21-14)13-9-20-8-11(12)13;3-2(4,5)1(6)7/h4-5,10-13H,1-3,6-9H2,(H,17,19);(H,6,7)/t11-,12-,13-;/m1./s1. The summed E-state index contributed by atoms with van der Waals surface area (Å²) in [6, 6.07) is 0.672. The Morgan fingerprint density at radius 1 is 1.36 bits per heavy atom. The molecule has 3 heterocycles. The van der Waals surface area contributed by atoms with Crippen LogP contribution in [0.1, 0.15) is 24.3 Å². The Morgan fingerprint density at radius 3 is 2.61 bits per heavy atom. The van der Waals surface area contributed by atoms with Gasteiger partial charge in [0.1, 0.15) is 5.01 Å². The van der Waals surface area contributed by atoms with Gasteiger partial charge in [-0.05, 0) is 12.8 Å². The van der Waals surface area contributed by atoms with E-state index < -0.39 is 12.1 Å². The van der Waals surface area contributed by atoms with E-state index in [1.165, 1.54) is 6.42 Å². The normalized spacial score (nSPS) is 27.5. The molecule has 0 unspecified atom stereocenters. The summed E-state index contributed by atoms with van der Waals surface area (Å²) in [6.07, 6.45) is 0.0978. The van der Waals surface area contributed by atoms with Crippen molar-refractivity contribution in [2.75, 3.05) is 19.8 Å². The van der Waals surface area contributed by atoms with Crippen molar-refractivity contribution in [3.05, 3.63) is 16.6 Å². The molecule has 7 nitrogen and oxygen atoms in total. The molecule has 3 atom stereocenters. The van der Waals surface area contributed by atoms with Crippen molar-refractivity contribution in [1.29, 1.82) is 0 Å². The van der Waals surface area contributed by atoms with Gasteiger partial charge in [0, 0.05) is 42.0 Å². The number of thiazole rings is 1. The molecule has 156 valence electrons. The highest BCUT2D eigenvalue weighted by Gasteiger charge is 2.46. The van der Waals surface area contributed by atoms with Crippen LogP contribution in [0, 0.1) is 11.8 Å². The lowest BCUT2D eigenvalue weighted by atomic mass is 9.84. The second kappa shape index (κ2) is 8.75. The molecule has 3 aliphatic rings. The average molecular weight is 421 g/mol. The molecule has 1 aromatic heterocycles. The van der Waals surface area contributed by atoms with Crippen LogP contribution in [-0.2, 0) is 20.9 Å². The Hall–Kier alpha value is -1.72. The Morgan fingerprint density at radius 2 is 2.07 bits per heavy atom. The first-order valence-electron chi connectivity index (χ1n) is 9.06. The second-order valence-electron chi connectivity index (χ2n) is 7.17. The number of aliphatic carboxylic acids is 1. The number of amides is 1. The molecule has 11 heteroatoms. The first kappa shape index (κ1) is 21.0. The number of carboxylic acid groups (broad SMARTS) is 1. The van der Waals surface area contributed by atoms with Crippen molar-refractivity contribution in [1.82, 2.24) is 15.2 Å². The third kappa shape index (κ3) is 5.00. The zero-order chi connectivity index (χ0) is 20.3. The van der Waals surface area contributed by atoms with Gasteiger partial charge >= 0.3 is 12.1 Å². The molecule has 2 N–H and O–H groups in total. The maximum atomic E-state index is 12.2. The predicted molar refractivity (Wildman–Crippen MR) is 93.6 cm³/mol. The molecular formula is C17H22F3N3O4S. The summed E-state index contributed by atoms with van der Waals surface area (Å²) in [5.74, 6) is -1.80. The minimum absolute atomic E-state index is 0.241. The molecule has 2 saturated heterocycles. The van der Waals surface area contributed by atoms with Crippen LogP contribution in [0.2, 0.25) is 0 Å². The smallest absolute Gasteiger partial charge is 0.475 e. The molecule has 1 aromatic rings. The van der Waals surface area contributed by atoms with Gasteiger partial charge in [0.25, 0.3) is 0 Å². The summed E-state index contributed by atoms with van der Waals surface area (Å²) in [5.41, 5.74) is 0. The number of ether oxygens (including phenoxy) is 1. The van der Waals surface area contributed by atoms with Crippen molar-refractivity contribution in [3.8, 4) is 0 Å². The van der Waals surface area contributed by atoms with Gasteiger partial charge in [-0.2, -0.15) is 13.2 Å². The molecule has 0 spiro atoms. The van der Waals surface area contributed by atoms with Crippen LogP contribution in [0.3, 0.4) is 0 Å². The number of aromatic nitrogens is 1. The third-order valence-electron chi connectivity index (χ3n) is 5.38. The highest BCUT2D eigenvalue weighted by atomic mass is 32.1. The van der Waals surface area contributed by atoms with E-state index in [1.54, 1.807) is 11.3 Å². The number of rotatable bonds is 4. The molecule has 1 saturated carbocycles. The fraction of sp³-hybridized carbons (Fsp3) is 0.706. The van der Waals surface area contributed by atoms with E-state index >= 15 is 0 Å². The van der Waals surface area contributed by atoms with E-state index in [-0.39, 0.29) is 17.9 Å². The number of hydrogen-bond donors (Lipinski definition) is 2. The third-order valence-corrected chi connectivity index (χ3v) is 6.14. The Balaban J connectivity index is 0.000000279. The van der Waals surface area contributed by atoms with E-state index in [1.807, 2.05) is 11.6 Å². The first-order valence-corrected chi connectivity index (χ1v) is 9.94. The predicted octanol–water partition coefficient (Wildman–Crippen LogP) is 1.89. The molecular weight excluding hydrogens is 399 g/mol. The average Bonchev–Trinajstić information content (AvgIpc) is 3.27. The highest BCUT2D eigenvalue weighted by molar-refractivity contribution is 7.09. The van der Waals surface area contributed by atoms with Crippen LogP contribution in [0.15, 0.2) is 11.6 Å². The number of carbonyl (C=O) groups excluding carboxylic acids is 1. The monoisotopic (exact) mass is 421 g/mol. The maximum absolute atomic E-state index is 12.2. The first-order chi connectivity index (χ1) is 13.3. The van der Waals surface area contributed by atoms with Gasteiger partial charge in [-0.1, -0.05) is 6.42 Å². The van der Waals surface area contributed by atoms with Crippen molar-refractivity contribution in [2.45, 2.75) is 44.1 Å². The Bertz CT molecular complexity index is 682. The lowest BCUT2D eigenvalue weighted by Gasteiger charge is -2.27. The second-order valence-corrected chi connectivity index (χ2v) is 8.15. The number of fused-ring (bicyclic) bond motifs is 1. The molecule has 4 rings (SSSR count). The summed E-state index contributed by atoms with van der Waals surface area (Å²) in [5, 5.41) is 13.6. The highest BCUT2D eigenvalue weighted by Crippen LogP contribution is 2.33. The zero-order valence-electron chi connectivity index (χ0n) is 15.0. The van der Waals surface area contributed by atoms with Crippen molar-refractivity contribution >= 4 is 23.2 Å². The Kier molecular flexibility index (Phi) is 6.56. The van der Waals surface area contributed by atoms with Gasteiger partial charge < -0.3 is 15.2 Å². The van der Waals surface area contributed by atoms with E-state index in [4.69, 9.17) is 14.6 Å². The van der Waals surface area contributed by atoms with Crippen molar-refractivity contribution in [3.63, 3.8) is 0 Å². The molecule has 28 heavy (non-hydrogen) atoms. The number of carbonyl (C=O) groups is 2. The zero-order valence-corrected chi connectivity index (χ0v) is 15.8.